The van der Waals surface area contributed by atoms with Crippen LogP contribution in [0, 0.1) is 5.92 Å². The Kier molecular flexibility index (Phi) is 7.06. The summed E-state index contributed by atoms with van der Waals surface area (Å²) in [6.45, 7) is 2.99. The van der Waals surface area contributed by atoms with Gasteiger partial charge in [0.1, 0.15) is 0 Å². The van der Waals surface area contributed by atoms with Gasteiger partial charge in [-0.1, -0.05) is 23.7 Å². The summed E-state index contributed by atoms with van der Waals surface area (Å²) in [6.07, 6.45) is 1.16. The monoisotopic (exact) mass is 367 g/mol. The molecule has 0 bridgehead atoms. The molecule has 0 saturated carbocycles. The minimum absolute atomic E-state index is 0.111. The zero-order valence-electron chi connectivity index (χ0n) is 14.1. The van der Waals surface area contributed by atoms with Crippen LogP contribution < -0.4 is 10.6 Å². The molecule has 1 saturated heterocycles. The van der Waals surface area contributed by atoms with Crippen molar-refractivity contribution in [2.75, 3.05) is 31.6 Å². The maximum absolute atomic E-state index is 12.2. The van der Waals surface area contributed by atoms with Crippen molar-refractivity contribution in [2.24, 2.45) is 5.92 Å². The van der Waals surface area contributed by atoms with Crippen LogP contribution in [0.3, 0.4) is 0 Å². The van der Waals surface area contributed by atoms with E-state index in [0.29, 0.717) is 43.2 Å². The van der Waals surface area contributed by atoms with Crippen molar-refractivity contribution in [3.05, 3.63) is 29.3 Å². The molecule has 0 atom stereocenters. The lowest BCUT2D eigenvalue weighted by molar-refractivity contribution is -0.151. The molecule has 3 amide bonds. The predicted molar refractivity (Wildman–Crippen MR) is 94.4 cm³/mol. The number of urea groups is 1. The van der Waals surface area contributed by atoms with Gasteiger partial charge in [-0.2, -0.15) is 0 Å². The van der Waals surface area contributed by atoms with E-state index >= 15 is 0 Å². The standard InChI is InChI=1S/C17H22ClN3O4/c1-2-25-16(23)12-7-9-21(10-8-12)15(22)11-19-17(24)20-14-6-4-3-5-13(14)18/h3-6,12H,2,7-11H2,1H3,(H2,19,20,24). The van der Waals surface area contributed by atoms with Gasteiger partial charge in [0.05, 0.1) is 29.8 Å². The topological polar surface area (TPSA) is 87.7 Å². The Bertz CT molecular complexity index is 630. The zero-order chi connectivity index (χ0) is 18.2. The highest BCUT2D eigenvalue weighted by atomic mass is 35.5. The van der Waals surface area contributed by atoms with E-state index in [9.17, 15) is 14.4 Å². The normalized spacial score (nSPS) is 14.7. The summed E-state index contributed by atoms with van der Waals surface area (Å²) in [7, 11) is 0. The smallest absolute Gasteiger partial charge is 0.319 e. The van der Waals surface area contributed by atoms with Crippen molar-refractivity contribution >= 4 is 35.2 Å². The summed E-state index contributed by atoms with van der Waals surface area (Å²) in [5.74, 6) is -0.538. The number of likely N-dealkylation sites (tertiary alicyclic amines) is 1. The molecule has 0 aromatic heterocycles. The van der Waals surface area contributed by atoms with Crippen LogP contribution in [0.5, 0.6) is 0 Å². The van der Waals surface area contributed by atoms with Crippen LogP contribution in [0.2, 0.25) is 5.02 Å². The molecule has 1 aliphatic heterocycles. The zero-order valence-corrected chi connectivity index (χ0v) is 14.8. The second-order valence-electron chi connectivity index (χ2n) is 5.69. The maximum Gasteiger partial charge on any atom is 0.319 e. The minimum Gasteiger partial charge on any atom is -0.466 e. The van der Waals surface area contributed by atoms with Crippen molar-refractivity contribution in [1.82, 2.24) is 10.2 Å². The molecule has 0 unspecified atom stereocenters. The summed E-state index contributed by atoms with van der Waals surface area (Å²) in [4.78, 5) is 37.4. The molecule has 1 heterocycles. The Morgan fingerprint density at radius 3 is 2.56 bits per heavy atom. The number of carbonyl (C=O) groups excluding carboxylic acids is 3. The third-order valence-electron chi connectivity index (χ3n) is 3.99. The lowest BCUT2D eigenvalue weighted by atomic mass is 9.97. The highest BCUT2D eigenvalue weighted by molar-refractivity contribution is 6.33. The van der Waals surface area contributed by atoms with E-state index in [0.717, 1.165) is 0 Å². The molecule has 8 heteroatoms. The molecule has 1 aromatic carbocycles. The second kappa shape index (κ2) is 9.27. The third kappa shape index (κ3) is 5.63. The van der Waals surface area contributed by atoms with Gasteiger partial charge in [0.2, 0.25) is 5.91 Å². The van der Waals surface area contributed by atoms with E-state index in [-0.39, 0.29) is 24.3 Å². The molecular formula is C17H22ClN3O4. The first-order valence-corrected chi connectivity index (χ1v) is 8.62. The van der Waals surface area contributed by atoms with Crippen LogP contribution in [-0.4, -0.2) is 49.0 Å². The van der Waals surface area contributed by atoms with E-state index in [2.05, 4.69) is 10.6 Å². The SMILES string of the molecule is CCOC(=O)C1CCN(C(=O)CNC(=O)Nc2ccccc2Cl)CC1. The van der Waals surface area contributed by atoms with E-state index in [4.69, 9.17) is 16.3 Å². The molecule has 136 valence electrons. The Morgan fingerprint density at radius 2 is 1.92 bits per heavy atom. The van der Waals surface area contributed by atoms with E-state index in [1.807, 2.05) is 0 Å². The number of ether oxygens (including phenoxy) is 1. The molecule has 25 heavy (non-hydrogen) atoms. The number of halogens is 1. The largest absolute Gasteiger partial charge is 0.466 e. The van der Waals surface area contributed by atoms with Gasteiger partial charge in [0, 0.05) is 13.1 Å². The lowest BCUT2D eigenvalue weighted by Crippen LogP contribution is -2.45. The van der Waals surface area contributed by atoms with Crippen LogP contribution >= 0.6 is 11.6 Å². The molecule has 1 aliphatic rings. The van der Waals surface area contributed by atoms with Crippen LogP contribution in [-0.2, 0) is 14.3 Å². The van der Waals surface area contributed by atoms with Crippen LogP contribution in [0.4, 0.5) is 10.5 Å². The molecule has 1 fully saturated rings. The van der Waals surface area contributed by atoms with Gasteiger partial charge in [0.25, 0.3) is 0 Å². The third-order valence-corrected chi connectivity index (χ3v) is 4.32. The Balaban J connectivity index is 1.73. The fourth-order valence-electron chi connectivity index (χ4n) is 2.62. The first-order valence-electron chi connectivity index (χ1n) is 8.25. The number of nitrogens with one attached hydrogen (secondary N) is 2. The number of nitrogens with zero attached hydrogens (tertiary/aromatic N) is 1. The number of carbonyl (C=O) groups is 3. The van der Waals surface area contributed by atoms with Crippen molar-refractivity contribution < 1.29 is 19.1 Å². The number of rotatable bonds is 5. The van der Waals surface area contributed by atoms with Gasteiger partial charge in [0.15, 0.2) is 0 Å². The second-order valence-corrected chi connectivity index (χ2v) is 6.10. The van der Waals surface area contributed by atoms with Crippen molar-refractivity contribution in [3.8, 4) is 0 Å². The Hall–Kier alpha value is -2.28. The predicted octanol–water partition coefficient (Wildman–Crippen LogP) is 2.26. The number of esters is 1. The first kappa shape index (κ1) is 19.1. The molecule has 0 spiro atoms. The average Bonchev–Trinajstić information content (AvgIpc) is 2.62. The summed E-state index contributed by atoms with van der Waals surface area (Å²) >= 11 is 5.96. The highest BCUT2D eigenvalue weighted by Crippen LogP contribution is 2.20. The van der Waals surface area contributed by atoms with Crippen molar-refractivity contribution in [3.63, 3.8) is 0 Å². The van der Waals surface area contributed by atoms with E-state index in [1.54, 1.807) is 36.1 Å². The number of hydrogen-bond acceptors (Lipinski definition) is 4. The number of amides is 3. The number of hydrogen-bond donors (Lipinski definition) is 2. The fraction of sp³-hybridized carbons (Fsp3) is 0.471. The molecule has 7 nitrogen and oxygen atoms in total. The summed E-state index contributed by atoms with van der Waals surface area (Å²) in [5.41, 5.74) is 0.476. The van der Waals surface area contributed by atoms with Crippen molar-refractivity contribution in [1.29, 1.82) is 0 Å². The maximum atomic E-state index is 12.2. The van der Waals surface area contributed by atoms with E-state index < -0.39 is 6.03 Å². The minimum atomic E-state index is -0.497. The summed E-state index contributed by atoms with van der Waals surface area (Å²) in [5, 5.41) is 5.53. The molecule has 2 rings (SSSR count). The Labute approximate surface area is 151 Å². The molecular weight excluding hydrogens is 346 g/mol. The quantitative estimate of drug-likeness (QED) is 0.781. The molecule has 0 aliphatic carbocycles. The number of para-hydroxylation sites is 1. The molecule has 0 radical (unpaired) electrons. The summed E-state index contributed by atoms with van der Waals surface area (Å²) in [6, 6.07) is 6.35. The van der Waals surface area contributed by atoms with Gasteiger partial charge < -0.3 is 20.3 Å². The van der Waals surface area contributed by atoms with Crippen LogP contribution in [0.25, 0.3) is 0 Å². The average molecular weight is 368 g/mol. The first-order chi connectivity index (χ1) is 12.0. The summed E-state index contributed by atoms with van der Waals surface area (Å²) < 4.78 is 5.00. The number of anilines is 1. The van der Waals surface area contributed by atoms with Gasteiger partial charge in [-0.15, -0.1) is 0 Å². The fourth-order valence-corrected chi connectivity index (χ4v) is 2.80. The number of benzene rings is 1. The van der Waals surface area contributed by atoms with Gasteiger partial charge >= 0.3 is 12.0 Å². The van der Waals surface area contributed by atoms with Gasteiger partial charge in [-0.25, -0.2) is 4.79 Å². The lowest BCUT2D eigenvalue weighted by Gasteiger charge is -2.30. The Morgan fingerprint density at radius 1 is 1.24 bits per heavy atom. The highest BCUT2D eigenvalue weighted by Gasteiger charge is 2.28. The molecule has 2 N–H and O–H groups in total. The van der Waals surface area contributed by atoms with E-state index in [1.165, 1.54) is 0 Å². The van der Waals surface area contributed by atoms with Gasteiger partial charge in [-0.05, 0) is 31.9 Å². The van der Waals surface area contributed by atoms with Crippen LogP contribution in [0.15, 0.2) is 24.3 Å². The van der Waals surface area contributed by atoms with Gasteiger partial charge in [-0.3, -0.25) is 9.59 Å². The van der Waals surface area contributed by atoms with Crippen LogP contribution in [0.1, 0.15) is 19.8 Å². The molecule has 1 aromatic rings. The number of piperidine rings is 1. The van der Waals surface area contributed by atoms with Crippen molar-refractivity contribution in [2.45, 2.75) is 19.8 Å².